The Morgan fingerprint density at radius 1 is 0.696 bits per heavy atom. The fraction of sp³-hybridized carbons (Fsp3) is 0.0476. The first-order valence-corrected chi connectivity index (χ1v) is 8.63. The normalized spacial score (nSPS) is 10.8. The molecule has 0 saturated heterocycles. The van der Waals surface area contributed by atoms with E-state index in [1.165, 1.54) is 32.5 Å². The SMILES string of the molecule is c1ccc(CNc2ccccc2-c2csc3ccccc23)cc1. The molecule has 0 radical (unpaired) electrons. The molecule has 4 rings (SSSR count). The van der Waals surface area contributed by atoms with Crippen LogP contribution in [0.5, 0.6) is 0 Å². The molecule has 0 bridgehead atoms. The standard InChI is InChI=1S/C21H17NS/c1-2-8-16(9-3-1)14-22-20-12-6-4-10-17(20)19-15-23-21-13-7-5-11-18(19)21/h1-13,15,22H,14H2. The molecule has 0 atom stereocenters. The van der Waals surface area contributed by atoms with Crippen LogP contribution in [0.3, 0.4) is 0 Å². The van der Waals surface area contributed by atoms with Gasteiger partial charge in [-0.1, -0.05) is 66.7 Å². The van der Waals surface area contributed by atoms with Crippen LogP contribution in [-0.4, -0.2) is 0 Å². The van der Waals surface area contributed by atoms with Crippen molar-refractivity contribution in [3.63, 3.8) is 0 Å². The molecule has 3 aromatic carbocycles. The smallest absolute Gasteiger partial charge is 0.0423 e. The topological polar surface area (TPSA) is 12.0 Å². The summed E-state index contributed by atoms with van der Waals surface area (Å²) in [5.41, 5.74) is 5.04. The Labute approximate surface area is 140 Å². The van der Waals surface area contributed by atoms with Gasteiger partial charge < -0.3 is 5.32 Å². The molecule has 0 spiro atoms. The molecule has 0 saturated carbocycles. The van der Waals surface area contributed by atoms with Crippen molar-refractivity contribution < 1.29 is 0 Å². The molecule has 1 heterocycles. The summed E-state index contributed by atoms with van der Waals surface area (Å²) in [6.45, 7) is 0.833. The first-order chi connectivity index (χ1) is 11.4. The van der Waals surface area contributed by atoms with Crippen LogP contribution in [-0.2, 0) is 6.54 Å². The molecular formula is C21H17NS. The van der Waals surface area contributed by atoms with Gasteiger partial charge in [-0.3, -0.25) is 0 Å². The maximum absolute atomic E-state index is 3.59. The number of fused-ring (bicyclic) bond motifs is 1. The predicted molar refractivity (Wildman–Crippen MR) is 101 cm³/mol. The van der Waals surface area contributed by atoms with E-state index in [1.54, 1.807) is 11.3 Å². The van der Waals surface area contributed by atoms with Crippen molar-refractivity contribution >= 4 is 27.1 Å². The van der Waals surface area contributed by atoms with E-state index in [0.717, 1.165) is 6.54 Å². The minimum absolute atomic E-state index is 0.833. The zero-order valence-corrected chi connectivity index (χ0v) is 13.5. The number of thiophene rings is 1. The summed E-state index contributed by atoms with van der Waals surface area (Å²) in [4.78, 5) is 0. The first kappa shape index (κ1) is 14.0. The van der Waals surface area contributed by atoms with Crippen molar-refractivity contribution in [2.24, 2.45) is 0 Å². The fourth-order valence-corrected chi connectivity index (χ4v) is 3.81. The van der Waals surface area contributed by atoms with Gasteiger partial charge in [-0.25, -0.2) is 0 Å². The molecule has 0 amide bonds. The minimum atomic E-state index is 0.833. The number of rotatable bonds is 4. The Balaban J connectivity index is 1.70. The zero-order valence-electron chi connectivity index (χ0n) is 12.7. The van der Waals surface area contributed by atoms with E-state index in [2.05, 4.69) is 89.6 Å². The number of nitrogens with one attached hydrogen (secondary N) is 1. The Hall–Kier alpha value is -2.58. The van der Waals surface area contributed by atoms with Crippen molar-refractivity contribution in [3.05, 3.63) is 89.8 Å². The molecule has 1 N–H and O–H groups in total. The van der Waals surface area contributed by atoms with E-state index in [0.29, 0.717) is 0 Å². The second kappa shape index (κ2) is 6.27. The third-order valence-electron chi connectivity index (χ3n) is 4.02. The van der Waals surface area contributed by atoms with E-state index >= 15 is 0 Å². The van der Waals surface area contributed by atoms with Gasteiger partial charge >= 0.3 is 0 Å². The van der Waals surface area contributed by atoms with Gasteiger partial charge in [0.1, 0.15) is 0 Å². The Kier molecular flexibility index (Phi) is 3.83. The van der Waals surface area contributed by atoms with E-state index in [9.17, 15) is 0 Å². The van der Waals surface area contributed by atoms with Gasteiger partial charge in [0.25, 0.3) is 0 Å². The molecule has 0 unspecified atom stereocenters. The third-order valence-corrected chi connectivity index (χ3v) is 4.99. The van der Waals surface area contributed by atoms with Gasteiger partial charge in [0.15, 0.2) is 0 Å². The van der Waals surface area contributed by atoms with Crippen molar-refractivity contribution in [2.45, 2.75) is 6.54 Å². The fourth-order valence-electron chi connectivity index (χ4n) is 2.85. The van der Waals surface area contributed by atoms with Crippen LogP contribution >= 0.6 is 11.3 Å². The largest absolute Gasteiger partial charge is 0.380 e. The number of para-hydroxylation sites is 1. The lowest BCUT2D eigenvalue weighted by atomic mass is 10.0. The van der Waals surface area contributed by atoms with Crippen molar-refractivity contribution in [1.82, 2.24) is 0 Å². The maximum Gasteiger partial charge on any atom is 0.0423 e. The lowest BCUT2D eigenvalue weighted by molar-refractivity contribution is 1.15. The van der Waals surface area contributed by atoms with Crippen molar-refractivity contribution in [1.29, 1.82) is 0 Å². The highest BCUT2D eigenvalue weighted by molar-refractivity contribution is 7.17. The highest BCUT2D eigenvalue weighted by Gasteiger charge is 2.09. The maximum atomic E-state index is 3.59. The molecule has 112 valence electrons. The lowest BCUT2D eigenvalue weighted by Gasteiger charge is -2.12. The highest BCUT2D eigenvalue weighted by atomic mass is 32.1. The number of anilines is 1. The second-order valence-electron chi connectivity index (χ2n) is 5.53. The summed E-state index contributed by atoms with van der Waals surface area (Å²) < 4.78 is 1.33. The molecule has 1 aromatic heterocycles. The van der Waals surface area contributed by atoms with E-state index in [4.69, 9.17) is 0 Å². The van der Waals surface area contributed by atoms with Crippen LogP contribution in [0.1, 0.15) is 5.56 Å². The summed E-state index contributed by atoms with van der Waals surface area (Å²) >= 11 is 1.80. The summed E-state index contributed by atoms with van der Waals surface area (Å²) in [6, 6.07) is 27.7. The summed E-state index contributed by atoms with van der Waals surface area (Å²) in [5, 5.41) is 7.17. The third kappa shape index (κ3) is 2.86. The minimum Gasteiger partial charge on any atom is -0.380 e. The van der Waals surface area contributed by atoms with Crippen LogP contribution in [0.4, 0.5) is 5.69 Å². The zero-order chi connectivity index (χ0) is 15.5. The predicted octanol–water partition coefficient (Wildman–Crippen LogP) is 6.18. The van der Waals surface area contributed by atoms with E-state index in [1.807, 2.05) is 0 Å². The van der Waals surface area contributed by atoms with Crippen LogP contribution < -0.4 is 5.32 Å². The van der Waals surface area contributed by atoms with E-state index < -0.39 is 0 Å². The van der Waals surface area contributed by atoms with Gasteiger partial charge in [0.2, 0.25) is 0 Å². The number of hydrogen-bond acceptors (Lipinski definition) is 2. The molecule has 4 aromatic rings. The number of hydrogen-bond donors (Lipinski definition) is 1. The Morgan fingerprint density at radius 3 is 2.35 bits per heavy atom. The molecule has 0 aliphatic heterocycles. The van der Waals surface area contributed by atoms with E-state index in [-0.39, 0.29) is 0 Å². The number of benzene rings is 3. The van der Waals surface area contributed by atoms with Gasteiger partial charge in [0, 0.05) is 33.4 Å². The van der Waals surface area contributed by atoms with Crippen molar-refractivity contribution in [3.8, 4) is 11.1 Å². The average molecular weight is 315 g/mol. The molecule has 2 heteroatoms. The van der Waals surface area contributed by atoms with Gasteiger partial charge in [-0.15, -0.1) is 11.3 Å². The van der Waals surface area contributed by atoms with Crippen LogP contribution in [0.25, 0.3) is 21.2 Å². The molecule has 0 fully saturated rings. The Morgan fingerprint density at radius 2 is 1.43 bits per heavy atom. The lowest BCUT2D eigenvalue weighted by Crippen LogP contribution is -2.00. The Bertz CT molecular complexity index is 925. The molecule has 1 nitrogen and oxygen atoms in total. The average Bonchev–Trinajstić information content (AvgIpc) is 3.05. The van der Waals surface area contributed by atoms with Gasteiger partial charge in [-0.05, 0) is 23.1 Å². The monoisotopic (exact) mass is 315 g/mol. The molecule has 0 aliphatic rings. The van der Waals surface area contributed by atoms with Gasteiger partial charge in [0.05, 0.1) is 0 Å². The molecule has 23 heavy (non-hydrogen) atoms. The second-order valence-corrected chi connectivity index (χ2v) is 6.44. The quantitative estimate of drug-likeness (QED) is 0.474. The van der Waals surface area contributed by atoms with Crippen LogP contribution in [0.15, 0.2) is 84.2 Å². The van der Waals surface area contributed by atoms with Crippen molar-refractivity contribution in [2.75, 3.05) is 5.32 Å². The highest BCUT2D eigenvalue weighted by Crippen LogP contribution is 2.37. The summed E-state index contributed by atoms with van der Waals surface area (Å²) in [5.74, 6) is 0. The molecular weight excluding hydrogens is 298 g/mol. The van der Waals surface area contributed by atoms with Crippen LogP contribution in [0, 0.1) is 0 Å². The molecule has 0 aliphatic carbocycles. The summed E-state index contributed by atoms with van der Waals surface area (Å²) in [6.07, 6.45) is 0. The first-order valence-electron chi connectivity index (χ1n) is 7.75. The van der Waals surface area contributed by atoms with Crippen LogP contribution in [0.2, 0.25) is 0 Å². The van der Waals surface area contributed by atoms with Gasteiger partial charge in [-0.2, -0.15) is 0 Å². The summed E-state index contributed by atoms with van der Waals surface area (Å²) in [7, 11) is 0.